The third-order valence-electron chi connectivity index (χ3n) is 5.57. The molecular formula is C21H22N4O2S. The predicted molar refractivity (Wildman–Crippen MR) is 111 cm³/mol. The molecule has 0 unspecified atom stereocenters. The minimum atomic E-state index is -0.0272. The summed E-state index contributed by atoms with van der Waals surface area (Å²) in [4.78, 5) is 15.8. The van der Waals surface area contributed by atoms with Gasteiger partial charge in [0, 0.05) is 11.3 Å². The second-order valence-corrected chi connectivity index (χ2v) is 8.92. The minimum Gasteiger partial charge on any atom is -0.372 e. The van der Waals surface area contributed by atoms with Crippen molar-refractivity contribution >= 4 is 27.3 Å². The van der Waals surface area contributed by atoms with Gasteiger partial charge in [-0.25, -0.2) is 4.57 Å². The van der Waals surface area contributed by atoms with E-state index < -0.39 is 0 Å². The van der Waals surface area contributed by atoms with Crippen molar-refractivity contribution in [2.45, 2.75) is 46.8 Å². The fourth-order valence-electron chi connectivity index (χ4n) is 3.94. The van der Waals surface area contributed by atoms with Gasteiger partial charge in [0.05, 0.1) is 23.8 Å². The number of rotatable bonds is 2. The number of ether oxygens (including phenoxy) is 1. The third kappa shape index (κ3) is 2.46. The molecule has 7 heteroatoms. The zero-order valence-electron chi connectivity index (χ0n) is 16.4. The van der Waals surface area contributed by atoms with Gasteiger partial charge in [0.25, 0.3) is 5.56 Å². The monoisotopic (exact) mass is 394 g/mol. The minimum absolute atomic E-state index is 0.0272. The summed E-state index contributed by atoms with van der Waals surface area (Å²) in [6, 6.07) is 7.95. The molecule has 1 aliphatic rings. The fourth-order valence-corrected chi connectivity index (χ4v) is 5.23. The van der Waals surface area contributed by atoms with E-state index in [9.17, 15) is 4.79 Å². The molecule has 28 heavy (non-hydrogen) atoms. The number of fused-ring (bicyclic) bond motifs is 5. The lowest BCUT2D eigenvalue weighted by Crippen LogP contribution is -2.28. The number of aryl methyl sites for hydroxylation is 2. The van der Waals surface area contributed by atoms with Gasteiger partial charge in [-0.15, -0.1) is 21.5 Å². The first-order chi connectivity index (χ1) is 13.5. The van der Waals surface area contributed by atoms with Crippen LogP contribution >= 0.6 is 11.3 Å². The molecule has 1 atom stereocenters. The first-order valence-electron chi connectivity index (χ1n) is 9.55. The van der Waals surface area contributed by atoms with E-state index in [4.69, 9.17) is 4.74 Å². The molecule has 1 aliphatic heterocycles. The van der Waals surface area contributed by atoms with Crippen LogP contribution in [0.15, 0.2) is 29.1 Å². The van der Waals surface area contributed by atoms with E-state index in [2.05, 4.69) is 24.0 Å². The fraction of sp³-hybridized carbons (Fsp3) is 0.381. The second kappa shape index (κ2) is 6.25. The summed E-state index contributed by atoms with van der Waals surface area (Å²) in [5.41, 5.74) is 3.06. The molecule has 4 aromatic rings. The summed E-state index contributed by atoms with van der Waals surface area (Å²) in [6.07, 6.45) is 0.901. The van der Waals surface area contributed by atoms with E-state index in [1.165, 1.54) is 0 Å². The SMILES string of the molecule is Cc1ccc(-n2c(=O)c3c4c(sc3n3c(C)nnc23)CO[C@H](C(C)C)C4)cc1. The number of hydrogen-bond acceptors (Lipinski definition) is 5. The van der Waals surface area contributed by atoms with Crippen LogP contribution in [0, 0.1) is 19.8 Å². The molecule has 0 N–H and O–H groups in total. The third-order valence-corrected chi connectivity index (χ3v) is 6.76. The van der Waals surface area contributed by atoms with Gasteiger partial charge in [0.2, 0.25) is 5.78 Å². The summed E-state index contributed by atoms with van der Waals surface area (Å²) < 4.78 is 9.74. The summed E-state index contributed by atoms with van der Waals surface area (Å²) in [5.74, 6) is 1.74. The van der Waals surface area contributed by atoms with E-state index in [-0.39, 0.29) is 11.7 Å². The van der Waals surface area contributed by atoms with E-state index in [0.717, 1.165) is 44.2 Å². The summed E-state index contributed by atoms with van der Waals surface area (Å²) in [7, 11) is 0. The van der Waals surface area contributed by atoms with E-state index >= 15 is 0 Å². The number of benzene rings is 1. The largest absolute Gasteiger partial charge is 0.372 e. The molecule has 4 heterocycles. The smallest absolute Gasteiger partial charge is 0.268 e. The standard InChI is InChI=1S/C21H22N4O2S/c1-11(2)16-9-15-17(10-27-16)28-20-18(15)19(26)25(14-7-5-12(3)6-8-14)21-23-22-13(4)24(20)21/h5-8,11,16H,9-10H2,1-4H3/t16-/m0/s1. The molecular weight excluding hydrogens is 372 g/mol. The maximum Gasteiger partial charge on any atom is 0.268 e. The molecule has 0 radical (unpaired) electrons. The number of aromatic nitrogens is 4. The van der Waals surface area contributed by atoms with Gasteiger partial charge < -0.3 is 4.74 Å². The lowest BCUT2D eigenvalue weighted by Gasteiger charge is -2.26. The van der Waals surface area contributed by atoms with Crippen LogP contribution in [0.1, 0.15) is 35.7 Å². The quantitative estimate of drug-likeness (QED) is 0.519. The Kier molecular flexibility index (Phi) is 3.93. The molecule has 0 spiro atoms. The van der Waals surface area contributed by atoms with Gasteiger partial charge in [-0.3, -0.25) is 9.20 Å². The van der Waals surface area contributed by atoms with Crippen LogP contribution in [-0.2, 0) is 17.8 Å². The molecule has 0 saturated heterocycles. The van der Waals surface area contributed by atoms with Crippen LogP contribution in [0.5, 0.6) is 0 Å². The Bertz CT molecular complexity index is 1260. The Balaban J connectivity index is 1.88. The van der Waals surface area contributed by atoms with Crippen molar-refractivity contribution in [1.29, 1.82) is 0 Å². The molecule has 1 aromatic carbocycles. The Labute approximate surface area is 166 Å². The maximum absolute atomic E-state index is 13.7. The van der Waals surface area contributed by atoms with Crippen LogP contribution in [0.3, 0.4) is 0 Å². The van der Waals surface area contributed by atoms with Gasteiger partial charge in [-0.1, -0.05) is 31.5 Å². The van der Waals surface area contributed by atoms with Gasteiger partial charge in [0.1, 0.15) is 10.7 Å². The van der Waals surface area contributed by atoms with E-state index in [0.29, 0.717) is 18.3 Å². The second-order valence-electron chi connectivity index (χ2n) is 7.84. The maximum atomic E-state index is 13.7. The van der Waals surface area contributed by atoms with Crippen LogP contribution < -0.4 is 5.56 Å². The first-order valence-corrected chi connectivity index (χ1v) is 10.4. The highest BCUT2D eigenvalue weighted by atomic mass is 32.1. The highest BCUT2D eigenvalue weighted by Crippen LogP contribution is 2.36. The zero-order valence-corrected chi connectivity index (χ0v) is 17.2. The van der Waals surface area contributed by atoms with Gasteiger partial charge in [0.15, 0.2) is 0 Å². The molecule has 144 valence electrons. The van der Waals surface area contributed by atoms with Gasteiger partial charge >= 0.3 is 0 Å². The van der Waals surface area contributed by atoms with Crippen LogP contribution in [-0.4, -0.2) is 25.3 Å². The molecule has 0 aliphatic carbocycles. The van der Waals surface area contributed by atoms with Crippen molar-refractivity contribution in [3.05, 3.63) is 56.4 Å². The van der Waals surface area contributed by atoms with Crippen molar-refractivity contribution in [2.75, 3.05) is 0 Å². The molecule has 0 amide bonds. The molecule has 0 bridgehead atoms. The Morgan fingerprint density at radius 1 is 1.18 bits per heavy atom. The van der Waals surface area contributed by atoms with Gasteiger partial charge in [-0.05, 0) is 37.5 Å². The first kappa shape index (κ1) is 17.6. The molecule has 0 fully saturated rings. The van der Waals surface area contributed by atoms with Crippen LogP contribution in [0.25, 0.3) is 21.7 Å². The van der Waals surface area contributed by atoms with E-state index in [1.54, 1.807) is 15.9 Å². The van der Waals surface area contributed by atoms with Crippen molar-refractivity contribution in [3.8, 4) is 5.69 Å². The van der Waals surface area contributed by atoms with Crippen molar-refractivity contribution in [2.24, 2.45) is 5.92 Å². The van der Waals surface area contributed by atoms with Crippen molar-refractivity contribution < 1.29 is 4.74 Å². The number of thiophene rings is 1. The van der Waals surface area contributed by atoms with Crippen molar-refractivity contribution in [3.63, 3.8) is 0 Å². The normalized spacial score (nSPS) is 17.0. The Morgan fingerprint density at radius 3 is 2.64 bits per heavy atom. The number of nitrogens with zero attached hydrogens (tertiary/aromatic N) is 4. The highest BCUT2D eigenvalue weighted by Gasteiger charge is 2.29. The lowest BCUT2D eigenvalue weighted by molar-refractivity contribution is 0.00200. The van der Waals surface area contributed by atoms with Gasteiger partial charge in [-0.2, -0.15) is 0 Å². The molecule has 6 nitrogen and oxygen atoms in total. The summed E-state index contributed by atoms with van der Waals surface area (Å²) in [5, 5.41) is 9.38. The average Bonchev–Trinajstić information content (AvgIpc) is 3.23. The molecule has 5 rings (SSSR count). The van der Waals surface area contributed by atoms with Crippen LogP contribution in [0.4, 0.5) is 0 Å². The highest BCUT2D eigenvalue weighted by molar-refractivity contribution is 7.18. The molecule has 3 aromatic heterocycles. The lowest BCUT2D eigenvalue weighted by atomic mass is 9.96. The number of hydrogen-bond donors (Lipinski definition) is 0. The van der Waals surface area contributed by atoms with E-state index in [1.807, 2.05) is 42.5 Å². The zero-order chi connectivity index (χ0) is 19.6. The average molecular weight is 395 g/mol. The molecule has 0 saturated carbocycles. The van der Waals surface area contributed by atoms with Crippen molar-refractivity contribution in [1.82, 2.24) is 19.2 Å². The summed E-state index contributed by atoms with van der Waals surface area (Å²) in [6.45, 7) is 8.85. The topological polar surface area (TPSA) is 61.4 Å². The predicted octanol–water partition coefficient (Wildman–Crippen LogP) is 3.81. The van der Waals surface area contributed by atoms with Crippen LogP contribution in [0.2, 0.25) is 0 Å². The Morgan fingerprint density at radius 2 is 1.93 bits per heavy atom. The summed E-state index contributed by atoms with van der Waals surface area (Å²) >= 11 is 1.63. The Hall–Kier alpha value is -2.51.